The number of rotatable bonds is 10. The van der Waals surface area contributed by atoms with Crippen molar-refractivity contribution in [1.82, 2.24) is 9.47 Å². The number of amides is 1. The van der Waals surface area contributed by atoms with Gasteiger partial charge in [0.1, 0.15) is 5.69 Å². The van der Waals surface area contributed by atoms with Gasteiger partial charge in [-0.15, -0.1) is 0 Å². The van der Waals surface area contributed by atoms with Gasteiger partial charge in [-0.1, -0.05) is 25.7 Å². The van der Waals surface area contributed by atoms with Gasteiger partial charge in [0.05, 0.1) is 13.2 Å². The van der Waals surface area contributed by atoms with Crippen molar-refractivity contribution in [3.8, 4) is 0 Å². The zero-order valence-electron chi connectivity index (χ0n) is 19.0. The molecule has 6 heteroatoms. The minimum atomic E-state index is -0.398. The Hall–Kier alpha value is -2.11. The standard InChI is InChI=1S/C24H36N2O4/c1-5-25-17(4)22(16(3)23(25)24(29)30-6-2)20(27)15-26(19-12-13-19)21(28)14-11-18-9-7-8-10-18/h18-19H,5-15H2,1-4H3. The van der Waals surface area contributed by atoms with Crippen LogP contribution in [0.15, 0.2) is 0 Å². The molecule has 2 fully saturated rings. The van der Waals surface area contributed by atoms with Crippen LogP contribution in [0.25, 0.3) is 0 Å². The van der Waals surface area contributed by atoms with Crippen LogP contribution in [0.4, 0.5) is 0 Å². The fourth-order valence-corrected chi connectivity index (χ4v) is 4.97. The summed E-state index contributed by atoms with van der Waals surface area (Å²) in [7, 11) is 0. The van der Waals surface area contributed by atoms with Crippen molar-refractivity contribution >= 4 is 17.7 Å². The van der Waals surface area contributed by atoms with Crippen LogP contribution in [0.1, 0.15) is 97.3 Å². The van der Waals surface area contributed by atoms with Crippen LogP contribution in [-0.2, 0) is 16.1 Å². The summed E-state index contributed by atoms with van der Waals surface area (Å²) in [6.45, 7) is 8.38. The van der Waals surface area contributed by atoms with E-state index in [9.17, 15) is 14.4 Å². The van der Waals surface area contributed by atoms with Crippen molar-refractivity contribution < 1.29 is 19.1 Å². The first-order valence-electron chi connectivity index (χ1n) is 11.6. The van der Waals surface area contributed by atoms with Crippen LogP contribution in [0.2, 0.25) is 0 Å². The molecule has 30 heavy (non-hydrogen) atoms. The first kappa shape index (κ1) is 22.6. The van der Waals surface area contributed by atoms with Gasteiger partial charge in [-0.3, -0.25) is 9.59 Å². The van der Waals surface area contributed by atoms with Gasteiger partial charge in [0.25, 0.3) is 0 Å². The second-order valence-electron chi connectivity index (χ2n) is 8.76. The number of esters is 1. The number of hydrogen-bond acceptors (Lipinski definition) is 4. The highest BCUT2D eigenvalue weighted by molar-refractivity contribution is 6.04. The molecule has 0 aromatic carbocycles. The zero-order valence-corrected chi connectivity index (χ0v) is 19.0. The second-order valence-corrected chi connectivity index (χ2v) is 8.76. The average Bonchev–Trinajstić information content (AvgIpc) is 3.34. The van der Waals surface area contributed by atoms with E-state index >= 15 is 0 Å². The average molecular weight is 417 g/mol. The highest BCUT2D eigenvalue weighted by atomic mass is 16.5. The molecule has 0 saturated heterocycles. The Bertz CT molecular complexity index is 801. The maximum absolute atomic E-state index is 13.3. The van der Waals surface area contributed by atoms with Crippen molar-refractivity contribution in [2.24, 2.45) is 5.92 Å². The number of Topliss-reactive ketones (excluding diaryl/α,β-unsaturated/α-hetero) is 1. The van der Waals surface area contributed by atoms with Crippen LogP contribution >= 0.6 is 0 Å². The van der Waals surface area contributed by atoms with E-state index in [0.29, 0.717) is 42.3 Å². The van der Waals surface area contributed by atoms with E-state index in [-0.39, 0.29) is 24.3 Å². The van der Waals surface area contributed by atoms with Gasteiger partial charge in [0.2, 0.25) is 5.91 Å². The minimum Gasteiger partial charge on any atom is -0.461 e. The molecule has 1 amide bonds. The number of nitrogens with zero attached hydrogens (tertiary/aromatic N) is 2. The predicted octanol–water partition coefficient (Wildman–Crippen LogP) is 4.45. The van der Waals surface area contributed by atoms with Crippen LogP contribution < -0.4 is 0 Å². The van der Waals surface area contributed by atoms with Crippen LogP contribution in [-0.4, -0.2) is 46.3 Å². The topological polar surface area (TPSA) is 68.6 Å². The smallest absolute Gasteiger partial charge is 0.355 e. The summed E-state index contributed by atoms with van der Waals surface area (Å²) in [6, 6.07) is 0.198. The molecule has 0 atom stereocenters. The van der Waals surface area contributed by atoms with Gasteiger partial charge in [0.15, 0.2) is 5.78 Å². The van der Waals surface area contributed by atoms with E-state index in [1.165, 1.54) is 25.7 Å². The first-order chi connectivity index (χ1) is 14.4. The lowest BCUT2D eigenvalue weighted by molar-refractivity contribution is -0.131. The molecular weight excluding hydrogens is 380 g/mol. The summed E-state index contributed by atoms with van der Waals surface area (Å²) in [5.41, 5.74) is 2.45. The normalized spacial score (nSPS) is 16.7. The van der Waals surface area contributed by atoms with Crippen molar-refractivity contribution in [3.05, 3.63) is 22.5 Å². The van der Waals surface area contributed by atoms with Crippen molar-refractivity contribution in [3.63, 3.8) is 0 Å². The maximum atomic E-state index is 13.3. The number of hydrogen-bond donors (Lipinski definition) is 0. The largest absolute Gasteiger partial charge is 0.461 e. The molecule has 166 valence electrons. The monoisotopic (exact) mass is 416 g/mol. The summed E-state index contributed by atoms with van der Waals surface area (Å²) in [6.07, 6.45) is 8.45. The maximum Gasteiger partial charge on any atom is 0.355 e. The Labute approximate surface area is 179 Å². The third-order valence-electron chi connectivity index (χ3n) is 6.69. The Morgan fingerprint density at radius 2 is 1.73 bits per heavy atom. The molecule has 1 heterocycles. The minimum absolute atomic E-state index is 0.0798. The second kappa shape index (κ2) is 9.80. The van der Waals surface area contributed by atoms with E-state index < -0.39 is 5.97 Å². The summed E-state index contributed by atoms with van der Waals surface area (Å²) in [5, 5.41) is 0. The molecule has 2 aliphatic carbocycles. The molecule has 1 aromatic heterocycles. The molecular formula is C24H36N2O4. The Balaban J connectivity index is 1.76. The van der Waals surface area contributed by atoms with Crippen molar-refractivity contribution in [2.75, 3.05) is 13.2 Å². The lowest BCUT2D eigenvalue weighted by atomic mass is 10.0. The molecule has 2 aliphatic rings. The van der Waals surface area contributed by atoms with Crippen LogP contribution in [0.3, 0.4) is 0 Å². The van der Waals surface area contributed by atoms with Crippen molar-refractivity contribution in [2.45, 2.75) is 91.6 Å². The molecule has 0 aliphatic heterocycles. The quantitative estimate of drug-likeness (QED) is 0.417. The number of carbonyl (C=O) groups is 3. The van der Waals surface area contributed by atoms with E-state index in [0.717, 1.165) is 25.0 Å². The third kappa shape index (κ3) is 4.79. The van der Waals surface area contributed by atoms with Gasteiger partial charge in [-0.2, -0.15) is 0 Å². The number of ketones is 1. The van der Waals surface area contributed by atoms with E-state index in [4.69, 9.17) is 4.74 Å². The van der Waals surface area contributed by atoms with Crippen molar-refractivity contribution in [1.29, 1.82) is 0 Å². The molecule has 0 bridgehead atoms. The molecule has 0 spiro atoms. The first-order valence-corrected chi connectivity index (χ1v) is 11.6. The van der Waals surface area contributed by atoms with E-state index in [1.807, 2.05) is 25.3 Å². The SMILES string of the molecule is CCOC(=O)c1c(C)c(C(=O)CN(C(=O)CCC2CCCC2)C2CC2)c(C)n1CC. The molecule has 2 saturated carbocycles. The number of ether oxygens (including phenoxy) is 1. The summed E-state index contributed by atoms with van der Waals surface area (Å²) in [5.74, 6) is 0.295. The lowest BCUT2D eigenvalue weighted by Crippen LogP contribution is -2.37. The molecule has 0 N–H and O–H groups in total. The van der Waals surface area contributed by atoms with Crippen LogP contribution in [0.5, 0.6) is 0 Å². The van der Waals surface area contributed by atoms with Gasteiger partial charge < -0.3 is 14.2 Å². The zero-order chi connectivity index (χ0) is 21.8. The fourth-order valence-electron chi connectivity index (χ4n) is 4.97. The van der Waals surface area contributed by atoms with E-state index in [1.54, 1.807) is 11.8 Å². The molecule has 0 unspecified atom stereocenters. The van der Waals surface area contributed by atoms with Gasteiger partial charge in [-0.25, -0.2) is 4.79 Å². The number of carbonyl (C=O) groups excluding carboxylic acids is 3. The number of aromatic nitrogens is 1. The summed E-state index contributed by atoms with van der Waals surface area (Å²) >= 11 is 0. The van der Waals surface area contributed by atoms with Gasteiger partial charge in [0, 0.05) is 30.3 Å². The third-order valence-corrected chi connectivity index (χ3v) is 6.69. The Morgan fingerprint density at radius 1 is 1.07 bits per heavy atom. The lowest BCUT2D eigenvalue weighted by Gasteiger charge is -2.23. The van der Waals surface area contributed by atoms with Crippen LogP contribution in [0, 0.1) is 19.8 Å². The molecule has 3 rings (SSSR count). The molecule has 6 nitrogen and oxygen atoms in total. The molecule has 1 aromatic rings. The van der Waals surface area contributed by atoms with E-state index in [2.05, 4.69) is 0 Å². The highest BCUT2D eigenvalue weighted by Gasteiger charge is 2.35. The predicted molar refractivity (Wildman–Crippen MR) is 116 cm³/mol. The fraction of sp³-hybridized carbons (Fsp3) is 0.708. The summed E-state index contributed by atoms with van der Waals surface area (Å²) < 4.78 is 7.06. The van der Waals surface area contributed by atoms with Gasteiger partial charge >= 0.3 is 5.97 Å². The Morgan fingerprint density at radius 3 is 2.30 bits per heavy atom. The molecule has 0 radical (unpaired) electrons. The van der Waals surface area contributed by atoms with Gasteiger partial charge in [-0.05, 0) is 58.4 Å². The highest BCUT2D eigenvalue weighted by Crippen LogP contribution is 2.32. The Kier molecular flexibility index (Phi) is 7.37. The summed E-state index contributed by atoms with van der Waals surface area (Å²) in [4.78, 5) is 40.5.